The third kappa shape index (κ3) is 11.0. The van der Waals surface area contributed by atoms with Gasteiger partial charge in [0.05, 0.1) is 26.4 Å². The summed E-state index contributed by atoms with van der Waals surface area (Å²) in [6.45, 7) is 2.62. The first-order valence-corrected chi connectivity index (χ1v) is 2.97. The SMILES string of the molecule is COCCOCCOC.Cl. The van der Waals surface area contributed by atoms with Crippen molar-refractivity contribution >= 4 is 12.4 Å². The van der Waals surface area contributed by atoms with Crippen molar-refractivity contribution in [2.75, 3.05) is 40.6 Å². The Balaban J connectivity index is 0. The molecule has 0 rings (SSSR count). The molecule has 0 aromatic rings. The normalized spacial score (nSPS) is 9.00. The summed E-state index contributed by atoms with van der Waals surface area (Å²) < 4.78 is 14.6. The number of rotatable bonds is 6. The highest BCUT2D eigenvalue weighted by Gasteiger charge is 1.84. The van der Waals surface area contributed by atoms with E-state index >= 15 is 0 Å². The Labute approximate surface area is 68.1 Å². The molecule has 0 bridgehead atoms. The molecule has 0 aliphatic heterocycles. The molecule has 0 saturated carbocycles. The van der Waals surface area contributed by atoms with Gasteiger partial charge in [0.2, 0.25) is 0 Å². The topological polar surface area (TPSA) is 27.7 Å². The lowest BCUT2D eigenvalue weighted by molar-refractivity contribution is 0.0385. The van der Waals surface area contributed by atoms with E-state index in [1.54, 1.807) is 14.2 Å². The van der Waals surface area contributed by atoms with E-state index in [0.29, 0.717) is 26.4 Å². The van der Waals surface area contributed by atoms with Crippen molar-refractivity contribution in [3.8, 4) is 0 Å². The first-order valence-electron chi connectivity index (χ1n) is 2.97. The summed E-state index contributed by atoms with van der Waals surface area (Å²) in [6.07, 6.45) is 0. The summed E-state index contributed by atoms with van der Waals surface area (Å²) in [5, 5.41) is 0. The predicted molar refractivity (Wildman–Crippen MR) is 41.8 cm³/mol. The lowest BCUT2D eigenvalue weighted by atomic mass is 10.7. The van der Waals surface area contributed by atoms with Gasteiger partial charge in [0, 0.05) is 14.2 Å². The van der Waals surface area contributed by atoms with E-state index in [0.717, 1.165) is 0 Å². The van der Waals surface area contributed by atoms with Crippen LogP contribution >= 0.6 is 12.4 Å². The van der Waals surface area contributed by atoms with Crippen LogP contribution in [0, 0.1) is 0 Å². The highest BCUT2D eigenvalue weighted by molar-refractivity contribution is 5.85. The Morgan fingerprint density at radius 2 is 1.20 bits per heavy atom. The molecule has 0 heterocycles. The highest BCUT2D eigenvalue weighted by Crippen LogP contribution is 1.75. The monoisotopic (exact) mass is 170 g/mol. The van der Waals surface area contributed by atoms with Crippen LogP contribution in [0.25, 0.3) is 0 Å². The minimum absolute atomic E-state index is 0. The zero-order chi connectivity index (χ0) is 6.95. The fourth-order valence-corrected chi connectivity index (χ4v) is 0.387. The van der Waals surface area contributed by atoms with Crippen LogP contribution in [0.4, 0.5) is 0 Å². The van der Waals surface area contributed by atoms with E-state index in [1.807, 2.05) is 0 Å². The molecule has 0 aliphatic rings. The molecule has 64 valence electrons. The minimum Gasteiger partial charge on any atom is -0.382 e. The van der Waals surface area contributed by atoms with Gasteiger partial charge in [-0.25, -0.2) is 0 Å². The Morgan fingerprint density at radius 1 is 0.800 bits per heavy atom. The van der Waals surface area contributed by atoms with E-state index in [4.69, 9.17) is 14.2 Å². The third-order valence-electron chi connectivity index (χ3n) is 0.864. The fraction of sp³-hybridized carbons (Fsp3) is 1.00. The largest absolute Gasteiger partial charge is 0.382 e. The van der Waals surface area contributed by atoms with E-state index in [9.17, 15) is 0 Å². The number of methoxy groups -OCH3 is 2. The molecule has 0 N–H and O–H groups in total. The van der Waals surface area contributed by atoms with Gasteiger partial charge in [-0.2, -0.15) is 0 Å². The van der Waals surface area contributed by atoms with Gasteiger partial charge in [0.15, 0.2) is 0 Å². The van der Waals surface area contributed by atoms with Gasteiger partial charge in [0.1, 0.15) is 0 Å². The molecular weight excluding hydrogens is 156 g/mol. The molecule has 0 unspecified atom stereocenters. The van der Waals surface area contributed by atoms with Crippen LogP contribution in [0.5, 0.6) is 0 Å². The molecule has 0 saturated heterocycles. The fourth-order valence-electron chi connectivity index (χ4n) is 0.387. The zero-order valence-electron chi connectivity index (χ0n) is 6.46. The lowest BCUT2D eigenvalue weighted by Gasteiger charge is -2.00. The second kappa shape index (κ2) is 11.9. The summed E-state index contributed by atoms with van der Waals surface area (Å²) in [4.78, 5) is 0. The first kappa shape index (κ1) is 12.8. The molecule has 3 nitrogen and oxygen atoms in total. The number of ether oxygens (including phenoxy) is 3. The Kier molecular flexibility index (Phi) is 15.3. The van der Waals surface area contributed by atoms with Crippen molar-refractivity contribution in [3.63, 3.8) is 0 Å². The van der Waals surface area contributed by atoms with Gasteiger partial charge in [0.25, 0.3) is 0 Å². The average Bonchev–Trinajstić information content (AvgIpc) is 1.89. The summed E-state index contributed by atoms with van der Waals surface area (Å²) in [6, 6.07) is 0. The predicted octanol–water partition coefficient (Wildman–Crippen LogP) is 0.718. The van der Waals surface area contributed by atoms with Gasteiger partial charge in [-0.15, -0.1) is 12.4 Å². The maximum absolute atomic E-state index is 5.06. The van der Waals surface area contributed by atoms with E-state index < -0.39 is 0 Å². The van der Waals surface area contributed by atoms with Gasteiger partial charge in [-0.1, -0.05) is 0 Å². The summed E-state index contributed by atoms with van der Waals surface area (Å²) in [5.74, 6) is 0. The third-order valence-corrected chi connectivity index (χ3v) is 0.864. The van der Waals surface area contributed by atoms with E-state index in [2.05, 4.69) is 0 Å². The smallest absolute Gasteiger partial charge is 0.0701 e. The van der Waals surface area contributed by atoms with Crippen LogP contribution in [0.2, 0.25) is 0 Å². The van der Waals surface area contributed by atoms with Crippen molar-refractivity contribution in [2.24, 2.45) is 0 Å². The minimum atomic E-state index is 0. The van der Waals surface area contributed by atoms with Gasteiger partial charge in [-0.05, 0) is 0 Å². The molecule has 4 heteroatoms. The maximum atomic E-state index is 5.06. The molecule has 0 radical (unpaired) electrons. The van der Waals surface area contributed by atoms with Crippen molar-refractivity contribution in [1.29, 1.82) is 0 Å². The lowest BCUT2D eigenvalue weighted by Crippen LogP contribution is -2.06. The standard InChI is InChI=1S/C6H14O3.ClH/c1-7-3-5-9-6-4-8-2;/h3-6H2,1-2H3;1H. The maximum Gasteiger partial charge on any atom is 0.0701 e. The number of hydrogen-bond acceptors (Lipinski definition) is 3. The molecule has 0 fully saturated rings. The second-order valence-corrected chi connectivity index (χ2v) is 1.60. The average molecular weight is 171 g/mol. The molecule has 0 aliphatic carbocycles. The molecule has 0 aromatic heterocycles. The Morgan fingerprint density at radius 3 is 1.50 bits per heavy atom. The summed E-state index contributed by atoms with van der Waals surface area (Å²) >= 11 is 0. The van der Waals surface area contributed by atoms with Crippen molar-refractivity contribution in [2.45, 2.75) is 0 Å². The summed E-state index contributed by atoms with van der Waals surface area (Å²) in [5.41, 5.74) is 0. The first-order chi connectivity index (χ1) is 4.41. The molecule has 0 atom stereocenters. The van der Waals surface area contributed by atoms with Gasteiger partial charge in [-0.3, -0.25) is 0 Å². The van der Waals surface area contributed by atoms with Crippen LogP contribution in [0.15, 0.2) is 0 Å². The zero-order valence-corrected chi connectivity index (χ0v) is 7.28. The van der Waals surface area contributed by atoms with Crippen molar-refractivity contribution in [3.05, 3.63) is 0 Å². The van der Waals surface area contributed by atoms with Crippen LogP contribution in [-0.4, -0.2) is 40.6 Å². The van der Waals surface area contributed by atoms with Crippen molar-refractivity contribution < 1.29 is 14.2 Å². The summed E-state index contributed by atoms with van der Waals surface area (Å²) in [7, 11) is 3.30. The Bertz CT molecular complexity index is 46.3. The molecule has 0 aromatic carbocycles. The number of hydrogen-bond donors (Lipinski definition) is 0. The van der Waals surface area contributed by atoms with Crippen molar-refractivity contribution in [1.82, 2.24) is 0 Å². The van der Waals surface area contributed by atoms with Crippen LogP contribution in [0.1, 0.15) is 0 Å². The van der Waals surface area contributed by atoms with Crippen LogP contribution in [-0.2, 0) is 14.2 Å². The molecule has 10 heavy (non-hydrogen) atoms. The van der Waals surface area contributed by atoms with Crippen LogP contribution in [0.3, 0.4) is 0 Å². The second-order valence-electron chi connectivity index (χ2n) is 1.60. The molecule has 0 spiro atoms. The van der Waals surface area contributed by atoms with E-state index in [-0.39, 0.29) is 12.4 Å². The molecular formula is C6H15ClO3. The highest BCUT2D eigenvalue weighted by atomic mass is 35.5. The van der Waals surface area contributed by atoms with Gasteiger partial charge < -0.3 is 14.2 Å². The Hall–Kier alpha value is 0.170. The van der Waals surface area contributed by atoms with Gasteiger partial charge >= 0.3 is 0 Å². The number of halogens is 1. The van der Waals surface area contributed by atoms with Crippen LogP contribution < -0.4 is 0 Å². The van der Waals surface area contributed by atoms with E-state index in [1.165, 1.54) is 0 Å². The molecule has 0 amide bonds. The quantitative estimate of drug-likeness (QED) is 0.550.